The predicted octanol–water partition coefficient (Wildman–Crippen LogP) is 2.50. The van der Waals surface area contributed by atoms with E-state index in [9.17, 15) is 0 Å². The molecule has 2 saturated heterocycles. The van der Waals surface area contributed by atoms with E-state index >= 15 is 13.2 Å². The van der Waals surface area contributed by atoms with Crippen LogP contribution in [0.5, 0.6) is 5.88 Å². The molecule has 4 aromatic heterocycles. The molecule has 1 N–H and O–H groups in total. The molecule has 0 spiro atoms. The van der Waals surface area contributed by atoms with Crippen LogP contribution in [0, 0.1) is 5.82 Å². The molecule has 2 fully saturated rings. The highest BCUT2D eigenvalue weighted by molar-refractivity contribution is 5.84. The number of likely N-dealkylation sites (tertiary alicyclic amines) is 1. The van der Waals surface area contributed by atoms with Crippen molar-refractivity contribution in [3.05, 3.63) is 36.8 Å². The first-order valence-corrected chi connectivity index (χ1v) is 11.2. The Morgan fingerprint density at radius 1 is 1.23 bits per heavy atom. The van der Waals surface area contributed by atoms with Crippen molar-refractivity contribution >= 4 is 17.2 Å². The molecule has 35 heavy (non-hydrogen) atoms. The molecule has 0 radical (unpaired) electrons. The monoisotopic (exact) mass is 488 g/mol. The minimum absolute atomic E-state index is 0.0482. The molecule has 184 valence electrons. The van der Waals surface area contributed by atoms with E-state index in [2.05, 4.69) is 25.4 Å². The van der Waals surface area contributed by atoms with Gasteiger partial charge >= 0.3 is 0 Å². The van der Waals surface area contributed by atoms with E-state index in [1.165, 1.54) is 17.8 Å². The van der Waals surface area contributed by atoms with Crippen molar-refractivity contribution < 1.29 is 22.6 Å². The van der Waals surface area contributed by atoms with Gasteiger partial charge in [0, 0.05) is 36.9 Å². The lowest BCUT2D eigenvalue weighted by Gasteiger charge is -2.51. The van der Waals surface area contributed by atoms with Crippen molar-refractivity contribution in [3.8, 4) is 17.0 Å². The molecule has 0 bridgehead atoms. The zero-order chi connectivity index (χ0) is 24.4. The summed E-state index contributed by atoms with van der Waals surface area (Å²) in [6, 6.07) is -1.18. The van der Waals surface area contributed by atoms with Gasteiger partial charge in [0.25, 0.3) is 5.92 Å². The molecule has 6 rings (SSSR count). The number of halogens is 3. The third-order valence-corrected chi connectivity index (χ3v) is 6.77. The Morgan fingerprint density at radius 3 is 2.77 bits per heavy atom. The summed E-state index contributed by atoms with van der Waals surface area (Å²) in [6.45, 7) is 2.92. The molecule has 1 atom stereocenters. The van der Waals surface area contributed by atoms with Crippen LogP contribution >= 0.6 is 0 Å². The summed E-state index contributed by atoms with van der Waals surface area (Å²) < 4.78 is 58.8. The van der Waals surface area contributed by atoms with Gasteiger partial charge in [-0.15, -0.1) is 5.10 Å². The first kappa shape index (κ1) is 22.0. The molecular formula is C22H23F3N8O2. The molecule has 0 unspecified atom stereocenters. The summed E-state index contributed by atoms with van der Waals surface area (Å²) >= 11 is 0. The number of aromatic nitrogens is 6. The second-order valence-electron chi connectivity index (χ2n) is 9.22. The van der Waals surface area contributed by atoms with Crippen molar-refractivity contribution in [2.24, 2.45) is 0 Å². The number of hydrogen-bond donors (Lipinski definition) is 1. The number of rotatable bonds is 5. The fourth-order valence-corrected chi connectivity index (χ4v) is 4.76. The number of hydrogen-bond acceptors (Lipinski definition) is 8. The molecule has 10 nitrogen and oxygen atoms in total. The van der Waals surface area contributed by atoms with Crippen LogP contribution in [0.3, 0.4) is 0 Å². The maximum atomic E-state index is 15.1. The standard InChI is InChI=1S/C22H23F3N8O2/c1-21(11-35-12-21)32-5-3-15(22(24,25)10-32)28-19-29-18(34-2)17-16(14(23)9-33(17)30-19)13-7-27-20-26-4-6-31(20)8-13/h4,6-9,15H,3,5,10-12H2,1-2H3,(H,28,30)/t15-/m1/s1. The average Bonchev–Trinajstić information content (AvgIpc) is 3.40. The van der Waals surface area contributed by atoms with Gasteiger partial charge in [-0.2, -0.15) is 4.98 Å². The summed E-state index contributed by atoms with van der Waals surface area (Å²) in [5.41, 5.74) is 0.550. The van der Waals surface area contributed by atoms with Crippen LogP contribution in [-0.2, 0) is 4.74 Å². The van der Waals surface area contributed by atoms with Gasteiger partial charge < -0.3 is 14.8 Å². The third-order valence-electron chi connectivity index (χ3n) is 6.77. The third kappa shape index (κ3) is 3.57. The summed E-state index contributed by atoms with van der Waals surface area (Å²) in [6.07, 6.45) is 7.81. The van der Waals surface area contributed by atoms with E-state index in [4.69, 9.17) is 9.47 Å². The Hall–Kier alpha value is -3.45. The van der Waals surface area contributed by atoms with E-state index in [-0.39, 0.29) is 34.9 Å². The van der Waals surface area contributed by atoms with Crippen LogP contribution < -0.4 is 10.1 Å². The Kier molecular flexibility index (Phi) is 4.90. The number of methoxy groups -OCH3 is 1. The van der Waals surface area contributed by atoms with Crippen LogP contribution in [-0.4, -0.2) is 84.8 Å². The maximum Gasteiger partial charge on any atom is 0.280 e. The summed E-state index contributed by atoms with van der Waals surface area (Å²) in [7, 11) is 1.38. The fraction of sp³-hybridized carbons (Fsp3) is 0.455. The average molecular weight is 488 g/mol. The quantitative estimate of drug-likeness (QED) is 0.458. The number of alkyl halides is 2. The number of nitrogens with zero attached hydrogens (tertiary/aromatic N) is 7. The Bertz CT molecular complexity index is 1420. The Balaban J connectivity index is 1.32. The van der Waals surface area contributed by atoms with Crippen LogP contribution in [0.1, 0.15) is 13.3 Å². The molecule has 2 aliphatic heterocycles. The minimum Gasteiger partial charge on any atom is -0.479 e. The zero-order valence-electron chi connectivity index (χ0n) is 19.1. The van der Waals surface area contributed by atoms with Crippen molar-refractivity contribution in [2.75, 3.05) is 38.7 Å². The highest BCUT2D eigenvalue weighted by atomic mass is 19.3. The number of ether oxygens (including phenoxy) is 2. The van der Waals surface area contributed by atoms with Gasteiger partial charge in [0.1, 0.15) is 5.52 Å². The van der Waals surface area contributed by atoms with Gasteiger partial charge in [-0.05, 0) is 13.3 Å². The number of piperidine rings is 1. The number of fused-ring (bicyclic) bond motifs is 2. The Morgan fingerprint density at radius 2 is 2.06 bits per heavy atom. The Labute approximate surface area is 197 Å². The van der Waals surface area contributed by atoms with Gasteiger partial charge in [0.15, 0.2) is 5.82 Å². The molecule has 0 saturated carbocycles. The summed E-state index contributed by atoms with van der Waals surface area (Å²) in [4.78, 5) is 14.4. The lowest BCUT2D eigenvalue weighted by molar-refractivity contribution is -0.174. The second-order valence-corrected chi connectivity index (χ2v) is 9.22. The van der Waals surface area contributed by atoms with Crippen LogP contribution in [0.4, 0.5) is 19.1 Å². The summed E-state index contributed by atoms with van der Waals surface area (Å²) in [5, 5.41) is 7.02. The molecular weight excluding hydrogens is 465 g/mol. The lowest BCUT2D eigenvalue weighted by atomic mass is 9.91. The predicted molar refractivity (Wildman–Crippen MR) is 119 cm³/mol. The molecule has 4 aromatic rings. The van der Waals surface area contributed by atoms with Crippen LogP contribution in [0.15, 0.2) is 31.0 Å². The van der Waals surface area contributed by atoms with Gasteiger partial charge in [-0.25, -0.2) is 27.7 Å². The van der Waals surface area contributed by atoms with Crippen molar-refractivity contribution in [1.29, 1.82) is 0 Å². The maximum absolute atomic E-state index is 15.1. The SMILES string of the molecule is COc1nc(N[C@@H]2CCN(C3(C)COC3)CC2(F)F)nn2cc(F)c(-c3cnc4nccn4c3)c12. The molecule has 13 heteroatoms. The normalized spacial score (nSPS) is 21.8. The number of anilines is 1. The first-order chi connectivity index (χ1) is 16.8. The molecule has 0 amide bonds. The zero-order valence-corrected chi connectivity index (χ0v) is 19.1. The van der Waals surface area contributed by atoms with Gasteiger partial charge in [0.2, 0.25) is 17.6 Å². The smallest absolute Gasteiger partial charge is 0.280 e. The van der Waals surface area contributed by atoms with Crippen LogP contribution in [0.25, 0.3) is 22.4 Å². The summed E-state index contributed by atoms with van der Waals surface area (Å²) in [5.74, 6) is -3.16. The lowest BCUT2D eigenvalue weighted by Crippen LogP contribution is -2.67. The van der Waals surface area contributed by atoms with Gasteiger partial charge in [0.05, 0.1) is 50.2 Å². The van der Waals surface area contributed by atoms with E-state index < -0.39 is 24.3 Å². The van der Waals surface area contributed by atoms with Crippen molar-refractivity contribution in [2.45, 2.75) is 30.8 Å². The van der Waals surface area contributed by atoms with Crippen LogP contribution in [0.2, 0.25) is 0 Å². The van der Waals surface area contributed by atoms with Gasteiger partial charge in [-0.3, -0.25) is 9.30 Å². The van der Waals surface area contributed by atoms with E-state index in [1.807, 2.05) is 6.92 Å². The van der Waals surface area contributed by atoms with Gasteiger partial charge in [-0.1, -0.05) is 0 Å². The highest BCUT2D eigenvalue weighted by Gasteiger charge is 2.51. The number of nitrogens with one attached hydrogen (secondary N) is 1. The highest BCUT2D eigenvalue weighted by Crippen LogP contribution is 2.37. The van der Waals surface area contributed by atoms with E-state index in [1.54, 1.807) is 27.9 Å². The van der Waals surface area contributed by atoms with E-state index in [0.717, 1.165) is 6.20 Å². The molecule has 0 aliphatic carbocycles. The molecule has 2 aliphatic rings. The largest absolute Gasteiger partial charge is 0.479 e. The van der Waals surface area contributed by atoms with Crippen molar-refractivity contribution in [1.82, 2.24) is 33.9 Å². The second kappa shape index (κ2) is 7.78. The topological polar surface area (TPSA) is 94.1 Å². The first-order valence-electron chi connectivity index (χ1n) is 11.2. The minimum atomic E-state index is -3.03. The van der Waals surface area contributed by atoms with Crippen molar-refractivity contribution in [3.63, 3.8) is 0 Å². The molecule has 6 heterocycles. The fourth-order valence-electron chi connectivity index (χ4n) is 4.76. The molecule has 0 aromatic carbocycles. The number of imidazole rings is 1. The van der Waals surface area contributed by atoms with E-state index in [0.29, 0.717) is 31.1 Å².